The molecule has 4 rings (SSSR count). The highest BCUT2D eigenvalue weighted by atomic mass is 35.5. The van der Waals surface area contributed by atoms with Crippen LogP contribution in [0.2, 0.25) is 5.02 Å². The second-order valence-corrected chi connectivity index (χ2v) is 8.27. The number of methoxy groups -OCH3 is 1. The Balaban J connectivity index is 1.51. The van der Waals surface area contributed by atoms with E-state index in [0.29, 0.717) is 47.0 Å². The summed E-state index contributed by atoms with van der Waals surface area (Å²) in [6.07, 6.45) is 1.09. The summed E-state index contributed by atoms with van der Waals surface area (Å²) in [5.41, 5.74) is 1.97. The van der Waals surface area contributed by atoms with Gasteiger partial charge in [0.15, 0.2) is 11.5 Å². The first-order chi connectivity index (χ1) is 15.4. The Kier molecular flexibility index (Phi) is 6.24. The smallest absolute Gasteiger partial charge is 0.330 e. The van der Waals surface area contributed by atoms with Gasteiger partial charge in [-0.05, 0) is 47.0 Å². The largest absolute Gasteiger partial charge is 0.493 e. The van der Waals surface area contributed by atoms with Crippen LogP contribution in [0.4, 0.5) is 10.1 Å². The molecular weight excluding hydrogens is 433 g/mol. The van der Waals surface area contributed by atoms with Gasteiger partial charge in [0, 0.05) is 36.0 Å². The van der Waals surface area contributed by atoms with E-state index in [4.69, 9.17) is 21.1 Å². The van der Waals surface area contributed by atoms with Crippen LogP contribution in [0.5, 0.6) is 11.5 Å². The zero-order valence-corrected chi connectivity index (χ0v) is 18.3. The summed E-state index contributed by atoms with van der Waals surface area (Å²) in [4.78, 5) is 12.2. The summed E-state index contributed by atoms with van der Waals surface area (Å²) in [7, 11) is 1.53. The molecule has 2 N–H and O–H groups in total. The number of anilines is 1. The van der Waals surface area contributed by atoms with E-state index < -0.39 is 11.5 Å². The second-order valence-electron chi connectivity index (χ2n) is 7.83. The molecule has 1 aliphatic rings. The Morgan fingerprint density at radius 3 is 2.47 bits per heavy atom. The number of hydrogen-bond acceptors (Lipinski definition) is 4. The van der Waals surface area contributed by atoms with Crippen molar-refractivity contribution in [2.24, 2.45) is 0 Å². The number of hydrogen-bond donors (Lipinski definition) is 2. The maximum atomic E-state index is 14.0. The SMILES string of the molecule is COc1ccc(NC2(C(=O)O)Cc3ccccc3C2)cc1OCCc1cc(Cl)ccc1F. The molecule has 0 aromatic heterocycles. The van der Waals surface area contributed by atoms with Gasteiger partial charge in [0.2, 0.25) is 0 Å². The third-order valence-corrected chi connectivity index (χ3v) is 5.93. The summed E-state index contributed by atoms with van der Waals surface area (Å²) >= 11 is 5.95. The molecule has 0 amide bonds. The number of nitrogens with one attached hydrogen (secondary N) is 1. The quantitative estimate of drug-likeness (QED) is 0.492. The van der Waals surface area contributed by atoms with Crippen LogP contribution < -0.4 is 14.8 Å². The van der Waals surface area contributed by atoms with Crippen LogP contribution in [-0.2, 0) is 24.1 Å². The van der Waals surface area contributed by atoms with Crippen molar-refractivity contribution in [2.75, 3.05) is 19.0 Å². The van der Waals surface area contributed by atoms with E-state index in [-0.39, 0.29) is 12.4 Å². The first-order valence-corrected chi connectivity index (χ1v) is 10.6. The Hall–Kier alpha value is -3.25. The molecule has 0 spiro atoms. The van der Waals surface area contributed by atoms with Gasteiger partial charge in [-0.1, -0.05) is 35.9 Å². The Morgan fingerprint density at radius 2 is 1.81 bits per heavy atom. The lowest BCUT2D eigenvalue weighted by atomic mass is 9.95. The average molecular weight is 456 g/mol. The predicted molar refractivity (Wildman–Crippen MR) is 121 cm³/mol. The molecule has 0 aliphatic heterocycles. The summed E-state index contributed by atoms with van der Waals surface area (Å²) in [6, 6.07) is 17.3. The minimum Gasteiger partial charge on any atom is -0.493 e. The van der Waals surface area contributed by atoms with Crippen LogP contribution in [0.1, 0.15) is 16.7 Å². The molecular formula is C25H23ClFNO4. The van der Waals surface area contributed by atoms with Crippen molar-refractivity contribution in [1.29, 1.82) is 0 Å². The molecule has 32 heavy (non-hydrogen) atoms. The zero-order chi connectivity index (χ0) is 22.7. The number of ether oxygens (including phenoxy) is 2. The highest BCUT2D eigenvalue weighted by Gasteiger charge is 2.44. The highest BCUT2D eigenvalue weighted by Crippen LogP contribution is 2.36. The molecule has 0 saturated carbocycles. The van der Waals surface area contributed by atoms with E-state index in [0.717, 1.165) is 11.1 Å². The van der Waals surface area contributed by atoms with Gasteiger partial charge in [-0.2, -0.15) is 0 Å². The monoisotopic (exact) mass is 455 g/mol. The number of aliphatic carboxylic acids is 1. The van der Waals surface area contributed by atoms with E-state index >= 15 is 0 Å². The Labute approximate surface area is 190 Å². The molecule has 166 valence electrons. The van der Waals surface area contributed by atoms with Gasteiger partial charge < -0.3 is 19.9 Å². The Bertz CT molecular complexity index is 1130. The maximum absolute atomic E-state index is 14.0. The van der Waals surface area contributed by atoms with Crippen molar-refractivity contribution < 1.29 is 23.8 Å². The lowest BCUT2D eigenvalue weighted by Crippen LogP contribution is -2.47. The molecule has 3 aromatic carbocycles. The molecule has 0 atom stereocenters. The van der Waals surface area contributed by atoms with Crippen molar-refractivity contribution in [3.63, 3.8) is 0 Å². The van der Waals surface area contributed by atoms with E-state index in [9.17, 15) is 14.3 Å². The average Bonchev–Trinajstić information content (AvgIpc) is 3.16. The van der Waals surface area contributed by atoms with Crippen LogP contribution in [0.25, 0.3) is 0 Å². The lowest BCUT2D eigenvalue weighted by molar-refractivity contribution is -0.142. The van der Waals surface area contributed by atoms with Crippen LogP contribution in [0.3, 0.4) is 0 Å². The third-order valence-electron chi connectivity index (χ3n) is 5.70. The maximum Gasteiger partial charge on any atom is 0.330 e. The van der Waals surface area contributed by atoms with Crippen molar-refractivity contribution in [1.82, 2.24) is 0 Å². The van der Waals surface area contributed by atoms with Crippen molar-refractivity contribution >= 4 is 23.3 Å². The van der Waals surface area contributed by atoms with Gasteiger partial charge in [0.05, 0.1) is 13.7 Å². The molecule has 0 bridgehead atoms. The molecule has 0 radical (unpaired) electrons. The van der Waals surface area contributed by atoms with Crippen LogP contribution >= 0.6 is 11.6 Å². The molecule has 0 unspecified atom stereocenters. The normalized spacial score (nSPS) is 14.0. The van der Waals surface area contributed by atoms with Gasteiger partial charge in [0.25, 0.3) is 0 Å². The molecule has 1 aliphatic carbocycles. The molecule has 7 heteroatoms. The second kappa shape index (κ2) is 9.09. The third kappa shape index (κ3) is 4.50. The summed E-state index contributed by atoms with van der Waals surface area (Å²) < 4.78 is 25.2. The van der Waals surface area contributed by atoms with E-state index in [1.165, 1.54) is 19.2 Å². The predicted octanol–water partition coefficient (Wildman–Crippen LogP) is 5.14. The molecule has 3 aromatic rings. The number of halogens is 2. The van der Waals surface area contributed by atoms with Gasteiger partial charge in [-0.25, -0.2) is 9.18 Å². The van der Waals surface area contributed by atoms with Crippen molar-refractivity contribution in [2.45, 2.75) is 24.8 Å². The molecule has 0 saturated heterocycles. The standard InChI is InChI=1S/C25H23ClFNO4/c1-31-22-9-7-20(13-23(22)32-11-10-16-12-19(26)6-8-21(16)27)28-25(24(29)30)14-17-4-2-3-5-18(17)15-25/h2-9,12-13,28H,10-11,14-15H2,1H3,(H,29,30). The number of carboxylic acid groups (broad SMARTS) is 1. The number of carbonyl (C=O) groups is 1. The first-order valence-electron chi connectivity index (χ1n) is 10.2. The minimum atomic E-state index is -1.14. The van der Waals surface area contributed by atoms with Crippen molar-refractivity contribution in [3.8, 4) is 11.5 Å². The Morgan fingerprint density at radius 1 is 1.09 bits per heavy atom. The van der Waals surface area contributed by atoms with Crippen LogP contribution in [0, 0.1) is 5.82 Å². The summed E-state index contributed by atoms with van der Waals surface area (Å²) in [6.45, 7) is 0.201. The zero-order valence-electron chi connectivity index (χ0n) is 17.5. The fraction of sp³-hybridized carbons (Fsp3) is 0.240. The molecule has 0 heterocycles. The van der Waals surface area contributed by atoms with E-state index in [2.05, 4.69) is 5.32 Å². The van der Waals surface area contributed by atoms with Gasteiger partial charge >= 0.3 is 5.97 Å². The fourth-order valence-electron chi connectivity index (χ4n) is 4.06. The highest BCUT2D eigenvalue weighted by molar-refractivity contribution is 6.30. The number of fused-ring (bicyclic) bond motifs is 1. The van der Waals surface area contributed by atoms with E-state index in [1.54, 1.807) is 24.3 Å². The molecule has 0 fully saturated rings. The number of benzene rings is 3. The first kappa shape index (κ1) is 22.0. The lowest BCUT2D eigenvalue weighted by Gasteiger charge is -2.27. The van der Waals surface area contributed by atoms with Gasteiger partial charge in [-0.15, -0.1) is 0 Å². The number of carboxylic acids is 1. The van der Waals surface area contributed by atoms with Gasteiger partial charge in [0.1, 0.15) is 11.4 Å². The van der Waals surface area contributed by atoms with Crippen LogP contribution in [0.15, 0.2) is 60.7 Å². The summed E-state index contributed by atoms with van der Waals surface area (Å²) in [5.74, 6) is -0.315. The van der Waals surface area contributed by atoms with Gasteiger partial charge in [-0.3, -0.25) is 0 Å². The van der Waals surface area contributed by atoms with Crippen molar-refractivity contribution in [3.05, 3.63) is 88.2 Å². The fourth-order valence-corrected chi connectivity index (χ4v) is 4.25. The number of rotatable bonds is 8. The molecule has 5 nitrogen and oxygen atoms in total. The topological polar surface area (TPSA) is 67.8 Å². The van der Waals surface area contributed by atoms with Crippen LogP contribution in [-0.4, -0.2) is 30.3 Å². The minimum absolute atomic E-state index is 0.201. The van der Waals surface area contributed by atoms with E-state index in [1.807, 2.05) is 24.3 Å². The summed E-state index contributed by atoms with van der Waals surface area (Å²) in [5, 5.41) is 13.7.